The second-order valence-corrected chi connectivity index (χ2v) is 10.4. The highest BCUT2D eigenvalue weighted by atomic mass is 35.5. The first-order valence-electron chi connectivity index (χ1n) is 11.1. The number of H-pyrrole nitrogens is 1. The molecule has 0 amide bonds. The van der Waals surface area contributed by atoms with Crippen LogP contribution in [0.25, 0.3) is 33.1 Å². The molecule has 2 atom stereocenters. The lowest BCUT2D eigenvalue weighted by molar-refractivity contribution is 0.0339. The second-order valence-electron chi connectivity index (χ2n) is 9.04. The lowest BCUT2D eigenvalue weighted by Gasteiger charge is -2.47. The monoisotopic (exact) mass is 449 g/mol. The number of rotatable bonds is 4. The molecule has 0 aliphatic heterocycles. The van der Waals surface area contributed by atoms with Crippen molar-refractivity contribution >= 4 is 34.1 Å². The Balaban J connectivity index is 1.44. The fraction of sp³-hybridized carbons (Fsp3) is 0.417. The predicted molar refractivity (Wildman–Crippen MR) is 125 cm³/mol. The van der Waals surface area contributed by atoms with Crippen molar-refractivity contribution in [1.29, 1.82) is 0 Å². The first-order chi connectivity index (χ1) is 15.2. The Morgan fingerprint density at radius 1 is 1.13 bits per heavy atom. The number of halogens is 1. The third-order valence-electron chi connectivity index (χ3n) is 7.43. The van der Waals surface area contributed by atoms with Crippen molar-refractivity contribution in [3.05, 3.63) is 46.8 Å². The summed E-state index contributed by atoms with van der Waals surface area (Å²) in [4.78, 5) is 23.1. The minimum atomic E-state index is 0.370. The van der Waals surface area contributed by atoms with Gasteiger partial charge in [-0.25, -0.2) is 19.9 Å². The van der Waals surface area contributed by atoms with E-state index in [1.165, 1.54) is 25.7 Å². The van der Waals surface area contributed by atoms with Gasteiger partial charge in [-0.1, -0.05) is 24.6 Å². The summed E-state index contributed by atoms with van der Waals surface area (Å²) in [6.45, 7) is 2.46. The lowest BCUT2D eigenvalue weighted by Crippen LogP contribution is -2.39. The highest BCUT2D eigenvalue weighted by Gasteiger charge is 2.41. The molecule has 0 saturated heterocycles. The van der Waals surface area contributed by atoms with Gasteiger partial charge < -0.3 is 4.98 Å². The second kappa shape index (κ2) is 7.68. The number of aromatic amines is 1. The van der Waals surface area contributed by atoms with Crippen LogP contribution in [0.1, 0.15) is 38.3 Å². The minimum absolute atomic E-state index is 0.370. The number of nitrogens with one attached hydrogen (secondary N) is 1. The third kappa shape index (κ3) is 3.46. The van der Waals surface area contributed by atoms with Gasteiger partial charge in [0, 0.05) is 11.9 Å². The Hall–Kier alpha value is -2.31. The molecule has 7 rings (SSSR count). The third-order valence-corrected chi connectivity index (χ3v) is 8.51. The van der Waals surface area contributed by atoms with Crippen molar-refractivity contribution in [3.63, 3.8) is 0 Å². The van der Waals surface area contributed by atoms with Crippen LogP contribution in [0.3, 0.4) is 0 Å². The molecule has 4 aromatic heterocycles. The zero-order valence-electron chi connectivity index (χ0n) is 17.4. The molecule has 0 aromatic carbocycles. The Kier molecular flexibility index (Phi) is 4.80. The van der Waals surface area contributed by atoms with E-state index in [0.29, 0.717) is 28.1 Å². The van der Waals surface area contributed by atoms with Crippen LogP contribution in [-0.4, -0.2) is 24.9 Å². The number of thiophene rings is 1. The van der Waals surface area contributed by atoms with Crippen LogP contribution < -0.4 is 0 Å². The Labute approximate surface area is 190 Å². The van der Waals surface area contributed by atoms with Crippen molar-refractivity contribution in [1.82, 2.24) is 24.9 Å². The summed E-state index contributed by atoms with van der Waals surface area (Å²) in [6, 6.07) is 6.38. The van der Waals surface area contributed by atoms with Crippen LogP contribution in [0.2, 0.25) is 5.15 Å². The number of fused-ring (bicyclic) bond motifs is 4. The van der Waals surface area contributed by atoms with Crippen LogP contribution >= 0.6 is 22.9 Å². The van der Waals surface area contributed by atoms with Gasteiger partial charge in [-0.3, -0.25) is 0 Å². The van der Waals surface area contributed by atoms with Crippen LogP contribution in [0.5, 0.6) is 0 Å². The average molecular weight is 450 g/mol. The Morgan fingerprint density at radius 2 is 1.97 bits per heavy atom. The number of hydrogen-bond acceptors (Lipinski definition) is 5. The van der Waals surface area contributed by atoms with E-state index in [2.05, 4.69) is 45.5 Å². The number of hydrogen-bond donors (Lipinski definition) is 1. The minimum Gasteiger partial charge on any atom is -0.344 e. The summed E-state index contributed by atoms with van der Waals surface area (Å²) < 4.78 is 0. The van der Waals surface area contributed by atoms with E-state index in [-0.39, 0.29) is 0 Å². The molecule has 3 fully saturated rings. The van der Waals surface area contributed by atoms with Gasteiger partial charge in [0.25, 0.3) is 0 Å². The zero-order valence-corrected chi connectivity index (χ0v) is 19.0. The quantitative estimate of drug-likeness (QED) is 0.390. The van der Waals surface area contributed by atoms with Crippen molar-refractivity contribution in [3.8, 4) is 22.0 Å². The molecule has 7 heteroatoms. The van der Waals surface area contributed by atoms with E-state index >= 15 is 0 Å². The molecule has 2 bridgehead atoms. The molecular formula is C24H24ClN5S. The SMILES string of the molecule is C[C@H]1C2CCC(CC2)[C@@H]1Cc1cc(-c2cccs2)nc(-c2c[nH]c3ncc(Cl)nc23)n1. The van der Waals surface area contributed by atoms with Crippen LogP contribution in [0.15, 0.2) is 36.0 Å². The van der Waals surface area contributed by atoms with E-state index < -0.39 is 0 Å². The summed E-state index contributed by atoms with van der Waals surface area (Å²) in [6.07, 6.45) is 10.0. The molecule has 3 aliphatic carbocycles. The molecule has 0 unspecified atom stereocenters. The number of nitrogens with zero attached hydrogens (tertiary/aromatic N) is 4. The van der Waals surface area contributed by atoms with Crippen molar-refractivity contribution in [2.75, 3.05) is 0 Å². The zero-order chi connectivity index (χ0) is 20.9. The molecule has 0 spiro atoms. The van der Waals surface area contributed by atoms with E-state index in [1.54, 1.807) is 17.5 Å². The van der Waals surface area contributed by atoms with E-state index in [9.17, 15) is 0 Å². The standard InChI is InChI=1S/C24H24ClN5S/c1-13-14-4-6-15(7-5-14)17(13)9-16-10-19(20-3-2-8-31-20)29-23(28-16)18-11-26-24-22(18)30-21(25)12-27-24/h2-3,8,10-15,17H,4-7,9H2,1H3,(H,26,27)/t13-,14?,15?,17+/m0/s1. The normalized spacial score (nSPS) is 25.4. The summed E-state index contributed by atoms with van der Waals surface area (Å²) in [7, 11) is 0. The summed E-state index contributed by atoms with van der Waals surface area (Å²) in [5.74, 6) is 3.90. The van der Waals surface area contributed by atoms with Crippen LogP contribution in [-0.2, 0) is 6.42 Å². The highest BCUT2D eigenvalue weighted by Crippen LogP contribution is 2.49. The largest absolute Gasteiger partial charge is 0.344 e. The fourth-order valence-corrected chi connectivity index (χ4v) is 6.60. The molecule has 5 nitrogen and oxygen atoms in total. The molecule has 158 valence electrons. The van der Waals surface area contributed by atoms with E-state index in [4.69, 9.17) is 21.6 Å². The van der Waals surface area contributed by atoms with E-state index in [1.807, 2.05) is 6.20 Å². The first kappa shape index (κ1) is 19.4. The summed E-state index contributed by atoms with van der Waals surface area (Å²) in [5, 5.41) is 2.46. The van der Waals surface area contributed by atoms with Gasteiger partial charge in [0.2, 0.25) is 0 Å². The smallest absolute Gasteiger partial charge is 0.163 e. The molecule has 0 radical (unpaired) electrons. The highest BCUT2D eigenvalue weighted by molar-refractivity contribution is 7.13. The average Bonchev–Trinajstić information content (AvgIpc) is 3.46. The first-order valence-corrected chi connectivity index (χ1v) is 12.3. The molecule has 3 aliphatic rings. The molecular weight excluding hydrogens is 426 g/mol. The van der Waals surface area contributed by atoms with Crippen LogP contribution in [0, 0.1) is 23.7 Å². The molecule has 3 saturated carbocycles. The van der Waals surface area contributed by atoms with Gasteiger partial charge in [-0.2, -0.15) is 0 Å². The van der Waals surface area contributed by atoms with Crippen molar-refractivity contribution in [2.45, 2.75) is 39.0 Å². The Morgan fingerprint density at radius 3 is 2.74 bits per heavy atom. The Bertz CT molecular complexity index is 1220. The molecule has 4 heterocycles. The van der Waals surface area contributed by atoms with Gasteiger partial charge in [-0.05, 0) is 73.3 Å². The number of aromatic nitrogens is 5. The topological polar surface area (TPSA) is 67.3 Å². The van der Waals surface area contributed by atoms with Gasteiger partial charge >= 0.3 is 0 Å². The van der Waals surface area contributed by atoms with E-state index in [0.717, 1.165) is 46.0 Å². The van der Waals surface area contributed by atoms with Crippen molar-refractivity contribution in [2.24, 2.45) is 23.7 Å². The summed E-state index contributed by atoms with van der Waals surface area (Å²) in [5.41, 5.74) is 4.37. The van der Waals surface area contributed by atoms with Gasteiger partial charge in [0.05, 0.1) is 22.3 Å². The maximum Gasteiger partial charge on any atom is 0.163 e. The van der Waals surface area contributed by atoms with Gasteiger partial charge in [-0.15, -0.1) is 11.3 Å². The molecule has 1 N–H and O–H groups in total. The van der Waals surface area contributed by atoms with Crippen molar-refractivity contribution < 1.29 is 0 Å². The van der Waals surface area contributed by atoms with Crippen LogP contribution in [0.4, 0.5) is 0 Å². The van der Waals surface area contributed by atoms with Gasteiger partial charge in [0.1, 0.15) is 10.7 Å². The molecule has 4 aromatic rings. The lowest BCUT2D eigenvalue weighted by atomic mass is 9.58. The van der Waals surface area contributed by atoms with Gasteiger partial charge in [0.15, 0.2) is 11.5 Å². The fourth-order valence-electron chi connectivity index (χ4n) is 5.79. The maximum atomic E-state index is 6.13. The maximum absolute atomic E-state index is 6.13. The summed E-state index contributed by atoms with van der Waals surface area (Å²) >= 11 is 7.84. The molecule has 31 heavy (non-hydrogen) atoms. The predicted octanol–water partition coefficient (Wildman–Crippen LogP) is 6.41.